The number of halogens is 3. The fourth-order valence-corrected chi connectivity index (χ4v) is 2.99. The van der Waals surface area contributed by atoms with Crippen molar-refractivity contribution in [2.75, 3.05) is 25.0 Å². The van der Waals surface area contributed by atoms with Gasteiger partial charge in [0.1, 0.15) is 5.75 Å². The number of amides is 1. The molecular formula is C17H20F3N5O2. The number of carbonyl (C=O) groups is 1. The van der Waals surface area contributed by atoms with Crippen LogP contribution in [0.15, 0.2) is 24.3 Å². The summed E-state index contributed by atoms with van der Waals surface area (Å²) in [6.45, 7) is 2.05. The van der Waals surface area contributed by atoms with Crippen LogP contribution in [0.1, 0.15) is 35.1 Å². The molecule has 2 heterocycles. The van der Waals surface area contributed by atoms with Crippen molar-refractivity contribution in [3.63, 3.8) is 0 Å². The van der Waals surface area contributed by atoms with E-state index < -0.39 is 18.7 Å². The molecule has 1 aliphatic rings. The van der Waals surface area contributed by atoms with Crippen molar-refractivity contribution in [2.24, 2.45) is 0 Å². The van der Waals surface area contributed by atoms with E-state index in [0.717, 1.165) is 25.9 Å². The van der Waals surface area contributed by atoms with Crippen LogP contribution in [0.3, 0.4) is 0 Å². The molecule has 1 fully saturated rings. The van der Waals surface area contributed by atoms with Gasteiger partial charge in [0.2, 0.25) is 0 Å². The topological polar surface area (TPSA) is 81.1 Å². The minimum absolute atomic E-state index is 0.0634. The monoisotopic (exact) mass is 383 g/mol. The van der Waals surface area contributed by atoms with Crippen LogP contribution in [-0.2, 0) is 0 Å². The van der Waals surface area contributed by atoms with E-state index in [2.05, 4.69) is 20.9 Å². The number of carbonyl (C=O) groups excluding carboxylic acids is 1. The zero-order valence-corrected chi connectivity index (χ0v) is 14.7. The summed E-state index contributed by atoms with van der Waals surface area (Å²) in [4.78, 5) is 12.6. The quantitative estimate of drug-likeness (QED) is 0.830. The Kier molecular flexibility index (Phi) is 5.64. The lowest BCUT2D eigenvalue weighted by Gasteiger charge is -2.23. The number of para-hydroxylation sites is 2. The largest absolute Gasteiger partial charge is 0.482 e. The van der Waals surface area contributed by atoms with Crippen LogP contribution in [0.25, 0.3) is 0 Å². The maximum Gasteiger partial charge on any atom is 0.422 e. The summed E-state index contributed by atoms with van der Waals surface area (Å²) >= 11 is 0. The van der Waals surface area contributed by atoms with Crippen LogP contribution in [0.2, 0.25) is 0 Å². The number of nitrogens with one attached hydrogen (secondary N) is 2. The molecule has 1 aliphatic heterocycles. The summed E-state index contributed by atoms with van der Waals surface area (Å²) < 4.78 is 43.7. The maximum absolute atomic E-state index is 12.6. The van der Waals surface area contributed by atoms with E-state index in [1.165, 1.54) is 18.2 Å². The van der Waals surface area contributed by atoms with Gasteiger partial charge in [0.15, 0.2) is 12.3 Å². The fraction of sp³-hybridized carbons (Fsp3) is 0.471. The van der Waals surface area contributed by atoms with Gasteiger partial charge >= 0.3 is 6.18 Å². The second-order valence-electron chi connectivity index (χ2n) is 6.30. The van der Waals surface area contributed by atoms with Gasteiger partial charge in [-0.3, -0.25) is 4.79 Å². The van der Waals surface area contributed by atoms with Crippen LogP contribution in [0.5, 0.6) is 5.75 Å². The number of piperidine rings is 1. The van der Waals surface area contributed by atoms with Crippen molar-refractivity contribution in [2.45, 2.75) is 32.0 Å². The first kappa shape index (κ1) is 19.2. The molecule has 0 atom stereocenters. The minimum atomic E-state index is -4.47. The molecule has 0 saturated carbocycles. The van der Waals surface area contributed by atoms with E-state index in [1.54, 1.807) is 17.7 Å². The second-order valence-corrected chi connectivity index (χ2v) is 6.30. The SMILES string of the molecule is Cc1c(C(=O)Nc2ccccc2OCC(F)(F)F)nnn1C1CCNCC1. The first-order valence-corrected chi connectivity index (χ1v) is 8.57. The molecular weight excluding hydrogens is 363 g/mol. The van der Waals surface area contributed by atoms with E-state index in [9.17, 15) is 18.0 Å². The highest BCUT2D eigenvalue weighted by molar-refractivity contribution is 6.04. The van der Waals surface area contributed by atoms with Crippen molar-refractivity contribution >= 4 is 11.6 Å². The summed E-state index contributed by atoms with van der Waals surface area (Å²) in [5.41, 5.74) is 0.898. The van der Waals surface area contributed by atoms with Crippen LogP contribution < -0.4 is 15.4 Å². The van der Waals surface area contributed by atoms with Crippen molar-refractivity contribution in [1.82, 2.24) is 20.3 Å². The van der Waals surface area contributed by atoms with Gasteiger partial charge in [-0.15, -0.1) is 5.10 Å². The Morgan fingerprint density at radius 3 is 2.74 bits per heavy atom. The number of aromatic nitrogens is 3. The first-order chi connectivity index (χ1) is 12.8. The lowest BCUT2D eigenvalue weighted by Crippen LogP contribution is -2.30. The molecule has 0 spiro atoms. The van der Waals surface area contributed by atoms with Crippen molar-refractivity contribution < 1.29 is 22.7 Å². The van der Waals surface area contributed by atoms with Gasteiger partial charge in [0.25, 0.3) is 5.91 Å². The van der Waals surface area contributed by atoms with Crippen LogP contribution in [-0.4, -0.2) is 46.8 Å². The van der Waals surface area contributed by atoms with Gasteiger partial charge in [0.05, 0.1) is 17.4 Å². The number of ether oxygens (including phenoxy) is 1. The third kappa shape index (κ3) is 4.76. The molecule has 146 valence electrons. The molecule has 1 saturated heterocycles. The lowest BCUT2D eigenvalue weighted by molar-refractivity contribution is -0.153. The van der Waals surface area contributed by atoms with Gasteiger partial charge in [-0.05, 0) is 45.0 Å². The maximum atomic E-state index is 12.6. The van der Waals surface area contributed by atoms with Crippen molar-refractivity contribution in [3.8, 4) is 5.75 Å². The molecule has 10 heteroatoms. The van der Waals surface area contributed by atoms with Gasteiger partial charge < -0.3 is 15.4 Å². The number of nitrogens with zero attached hydrogens (tertiary/aromatic N) is 3. The molecule has 2 aromatic rings. The van der Waals surface area contributed by atoms with Crippen molar-refractivity contribution in [3.05, 3.63) is 35.7 Å². The zero-order chi connectivity index (χ0) is 19.4. The molecule has 2 N–H and O–H groups in total. The number of hydrogen-bond donors (Lipinski definition) is 2. The average Bonchev–Trinajstić information content (AvgIpc) is 3.02. The lowest BCUT2D eigenvalue weighted by atomic mass is 10.1. The number of rotatable bonds is 5. The summed E-state index contributed by atoms with van der Waals surface area (Å²) in [6, 6.07) is 6.12. The van der Waals surface area contributed by atoms with Gasteiger partial charge in [0, 0.05) is 0 Å². The number of alkyl halides is 3. The molecule has 3 rings (SSSR count). The van der Waals surface area contributed by atoms with Gasteiger partial charge in [-0.25, -0.2) is 4.68 Å². The van der Waals surface area contributed by atoms with Gasteiger partial charge in [-0.2, -0.15) is 13.2 Å². The molecule has 27 heavy (non-hydrogen) atoms. The van der Waals surface area contributed by atoms with Gasteiger partial charge in [-0.1, -0.05) is 17.3 Å². The highest BCUT2D eigenvalue weighted by atomic mass is 19.4. The summed E-state index contributed by atoms with van der Waals surface area (Å²) in [7, 11) is 0. The third-order valence-electron chi connectivity index (χ3n) is 4.32. The van der Waals surface area contributed by atoms with E-state index in [1.807, 2.05) is 0 Å². The van der Waals surface area contributed by atoms with Crippen LogP contribution >= 0.6 is 0 Å². The van der Waals surface area contributed by atoms with Crippen molar-refractivity contribution in [1.29, 1.82) is 0 Å². The molecule has 0 unspecified atom stereocenters. The smallest absolute Gasteiger partial charge is 0.422 e. The molecule has 7 nitrogen and oxygen atoms in total. The third-order valence-corrected chi connectivity index (χ3v) is 4.32. The molecule has 1 amide bonds. The minimum Gasteiger partial charge on any atom is -0.482 e. The highest BCUT2D eigenvalue weighted by Crippen LogP contribution is 2.27. The predicted molar refractivity (Wildman–Crippen MR) is 91.8 cm³/mol. The van der Waals surface area contributed by atoms with Crippen LogP contribution in [0.4, 0.5) is 18.9 Å². The number of benzene rings is 1. The average molecular weight is 383 g/mol. The number of anilines is 1. The molecule has 0 bridgehead atoms. The zero-order valence-electron chi connectivity index (χ0n) is 14.7. The Hall–Kier alpha value is -2.62. The Labute approximate surface area is 153 Å². The standard InChI is InChI=1S/C17H20F3N5O2/c1-11-15(23-24-25(11)12-6-8-21-9-7-12)16(26)22-13-4-2-3-5-14(13)27-10-17(18,19)20/h2-5,12,21H,6-10H2,1H3,(H,22,26). The van der Waals surface area contributed by atoms with E-state index in [-0.39, 0.29) is 23.2 Å². The predicted octanol–water partition coefficient (Wildman–Crippen LogP) is 2.70. The molecule has 0 radical (unpaired) electrons. The number of hydrogen-bond acceptors (Lipinski definition) is 5. The Morgan fingerprint density at radius 1 is 1.33 bits per heavy atom. The normalized spacial score (nSPS) is 15.6. The fourth-order valence-electron chi connectivity index (χ4n) is 2.99. The molecule has 1 aromatic heterocycles. The summed E-state index contributed by atoms with van der Waals surface area (Å²) in [5, 5.41) is 13.9. The second kappa shape index (κ2) is 7.95. The van der Waals surface area contributed by atoms with E-state index in [4.69, 9.17) is 4.74 Å². The molecule has 0 aliphatic carbocycles. The summed E-state index contributed by atoms with van der Waals surface area (Å²) in [6.07, 6.45) is -2.69. The van der Waals surface area contributed by atoms with E-state index in [0.29, 0.717) is 5.69 Å². The molecule has 1 aromatic carbocycles. The first-order valence-electron chi connectivity index (χ1n) is 8.57. The summed E-state index contributed by atoms with van der Waals surface area (Å²) in [5.74, 6) is -0.609. The van der Waals surface area contributed by atoms with E-state index >= 15 is 0 Å². The Morgan fingerprint density at radius 2 is 2.04 bits per heavy atom. The highest BCUT2D eigenvalue weighted by Gasteiger charge is 2.29. The van der Waals surface area contributed by atoms with Crippen LogP contribution in [0, 0.1) is 6.92 Å². The Bertz CT molecular complexity index is 800. The Balaban J connectivity index is 1.73.